The van der Waals surface area contributed by atoms with Gasteiger partial charge in [-0.05, 0) is 70.0 Å². The Labute approximate surface area is 138 Å². The maximum atomic E-state index is 12.4. The average molecular weight is 412 g/mol. The van der Waals surface area contributed by atoms with Gasteiger partial charge in [-0.3, -0.25) is 14.3 Å². The number of halogens is 2. The van der Waals surface area contributed by atoms with E-state index in [1.807, 2.05) is 32.1 Å². The highest BCUT2D eigenvalue weighted by atomic mass is 79.9. The number of pyridine rings is 2. The van der Waals surface area contributed by atoms with Gasteiger partial charge in [0.2, 0.25) is 0 Å². The van der Waals surface area contributed by atoms with Gasteiger partial charge in [-0.1, -0.05) is 0 Å². The van der Waals surface area contributed by atoms with Gasteiger partial charge >= 0.3 is 0 Å². The summed E-state index contributed by atoms with van der Waals surface area (Å²) in [5.41, 5.74) is 0.719. The molecule has 0 N–H and O–H groups in total. The number of fused-ring (bicyclic) bond motifs is 1. The zero-order valence-electron chi connectivity index (χ0n) is 11.4. The van der Waals surface area contributed by atoms with E-state index in [0.717, 1.165) is 4.47 Å². The second-order valence-electron chi connectivity index (χ2n) is 5.27. The minimum atomic E-state index is -0.514. The molecule has 0 bridgehead atoms. The molecule has 0 spiro atoms. The van der Waals surface area contributed by atoms with Gasteiger partial charge in [0.15, 0.2) is 0 Å². The highest BCUT2D eigenvalue weighted by Gasteiger charge is 2.28. The Morgan fingerprint density at radius 3 is 2.86 bits per heavy atom. The second-order valence-corrected chi connectivity index (χ2v) is 7.04. The van der Waals surface area contributed by atoms with Crippen LogP contribution in [0.15, 0.2) is 50.4 Å². The molecule has 3 rings (SSSR count). The molecule has 21 heavy (non-hydrogen) atoms. The molecule has 3 heterocycles. The van der Waals surface area contributed by atoms with Crippen LogP contribution in [0, 0.1) is 0 Å². The van der Waals surface area contributed by atoms with Crippen LogP contribution in [0.5, 0.6) is 5.75 Å². The summed E-state index contributed by atoms with van der Waals surface area (Å²) < 4.78 is 8.76. The summed E-state index contributed by atoms with van der Waals surface area (Å²) in [5, 5.41) is 0. The molecule has 0 atom stereocenters. The van der Waals surface area contributed by atoms with Crippen molar-refractivity contribution in [3.05, 3.63) is 61.7 Å². The molecule has 0 saturated heterocycles. The molecule has 2 aromatic heterocycles. The van der Waals surface area contributed by atoms with Gasteiger partial charge in [0, 0.05) is 16.9 Å². The average Bonchev–Trinajstić information content (AvgIpc) is 2.41. The molecule has 0 unspecified atom stereocenters. The summed E-state index contributed by atoms with van der Waals surface area (Å²) in [4.78, 5) is 16.8. The van der Waals surface area contributed by atoms with Gasteiger partial charge in [0.05, 0.1) is 10.2 Å². The molecule has 0 fully saturated rings. The second kappa shape index (κ2) is 5.10. The van der Waals surface area contributed by atoms with Crippen LogP contribution in [-0.4, -0.2) is 15.2 Å². The first kappa shape index (κ1) is 14.5. The summed E-state index contributed by atoms with van der Waals surface area (Å²) in [6.45, 7) is 3.89. The summed E-state index contributed by atoms with van der Waals surface area (Å²) in [6.07, 6.45) is 5.33. The lowest BCUT2D eigenvalue weighted by Crippen LogP contribution is -2.32. The fourth-order valence-corrected chi connectivity index (χ4v) is 3.43. The normalized spacial score (nSPS) is 15.9. The van der Waals surface area contributed by atoms with Gasteiger partial charge in [-0.25, -0.2) is 0 Å². The predicted molar refractivity (Wildman–Crippen MR) is 88.4 cm³/mol. The smallest absolute Gasteiger partial charge is 0.269 e. The lowest BCUT2D eigenvalue weighted by atomic mass is 10.0. The monoisotopic (exact) mass is 410 g/mol. The molecule has 0 aromatic carbocycles. The maximum absolute atomic E-state index is 12.4. The third-order valence-corrected chi connectivity index (χ3v) is 4.07. The van der Waals surface area contributed by atoms with Crippen molar-refractivity contribution >= 4 is 37.6 Å². The Morgan fingerprint density at radius 1 is 1.33 bits per heavy atom. The molecule has 6 heteroatoms. The van der Waals surface area contributed by atoms with Crippen molar-refractivity contribution in [2.24, 2.45) is 0 Å². The maximum Gasteiger partial charge on any atom is 0.269 e. The van der Waals surface area contributed by atoms with Crippen LogP contribution >= 0.6 is 31.9 Å². The number of ether oxygens (including phenoxy) is 1. The molecular formula is C15H12Br2N2O2. The Bertz CT molecular complexity index is 810. The van der Waals surface area contributed by atoms with Crippen molar-refractivity contribution in [1.29, 1.82) is 0 Å². The van der Waals surface area contributed by atoms with Crippen LogP contribution in [0.2, 0.25) is 0 Å². The van der Waals surface area contributed by atoms with E-state index >= 15 is 0 Å². The SMILES string of the molecule is CC1(C)C=C(n2cc(Br)cc(Br)c2=O)c2ncccc2O1. The van der Waals surface area contributed by atoms with E-state index in [4.69, 9.17) is 4.74 Å². The molecule has 1 aliphatic heterocycles. The Morgan fingerprint density at radius 2 is 2.10 bits per heavy atom. The van der Waals surface area contributed by atoms with E-state index in [2.05, 4.69) is 36.8 Å². The fourth-order valence-electron chi connectivity index (χ4n) is 2.26. The summed E-state index contributed by atoms with van der Waals surface area (Å²) >= 11 is 6.70. The third-order valence-electron chi connectivity index (χ3n) is 3.07. The van der Waals surface area contributed by atoms with Crippen LogP contribution in [-0.2, 0) is 0 Å². The first-order chi connectivity index (χ1) is 9.87. The van der Waals surface area contributed by atoms with Gasteiger partial charge in [-0.15, -0.1) is 0 Å². The molecule has 1 aliphatic rings. The van der Waals surface area contributed by atoms with Crippen LogP contribution in [0.1, 0.15) is 19.5 Å². The molecule has 2 aromatic rings. The highest BCUT2D eigenvalue weighted by molar-refractivity contribution is 9.11. The Kier molecular flexibility index (Phi) is 3.53. The topological polar surface area (TPSA) is 44.1 Å². The highest BCUT2D eigenvalue weighted by Crippen LogP contribution is 2.35. The van der Waals surface area contributed by atoms with Gasteiger partial charge in [0.25, 0.3) is 5.56 Å². The molecular weight excluding hydrogens is 400 g/mol. The van der Waals surface area contributed by atoms with Crippen molar-refractivity contribution in [2.75, 3.05) is 0 Å². The van der Waals surface area contributed by atoms with E-state index < -0.39 is 5.60 Å². The van der Waals surface area contributed by atoms with Crippen molar-refractivity contribution < 1.29 is 4.74 Å². The standard InChI is InChI=1S/C15H12Br2N2O2/c1-15(2)7-11(13-12(21-15)4-3-5-18-13)19-8-9(16)6-10(17)14(19)20/h3-8H,1-2H3. The first-order valence-corrected chi connectivity index (χ1v) is 7.91. The van der Waals surface area contributed by atoms with E-state index in [9.17, 15) is 4.79 Å². The van der Waals surface area contributed by atoms with E-state index in [1.54, 1.807) is 23.0 Å². The third kappa shape index (κ3) is 2.70. The fraction of sp³-hybridized carbons (Fsp3) is 0.200. The molecule has 0 amide bonds. The predicted octanol–water partition coefficient (Wildman–Crippen LogP) is 3.83. The summed E-state index contributed by atoms with van der Waals surface area (Å²) in [6, 6.07) is 5.40. The lowest BCUT2D eigenvalue weighted by Gasteiger charge is -2.30. The molecule has 0 radical (unpaired) electrons. The number of hydrogen-bond acceptors (Lipinski definition) is 3. The lowest BCUT2D eigenvalue weighted by molar-refractivity contribution is 0.156. The van der Waals surface area contributed by atoms with Gasteiger partial charge in [0.1, 0.15) is 17.0 Å². The van der Waals surface area contributed by atoms with E-state index in [0.29, 0.717) is 21.6 Å². The van der Waals surface area contributed by atoms with Crippen LogP contribution in [0.4, 0.5) is 0 Å². The Hall–Kier alpha value is -1.40. The first-order valence-electron chi connectivity index (χ1n) is 6.33. The number of nitrogens with zero attached hydrogens (tertiary/aromatic N) is 2. The number of hydrogen-bond donors (Lipinski definition) is 0. The van der Waals surface area contributed by atoms with Crippen molar-refractivity contribution in [2.45, 2.75) is 19.4 Å². The van der Waals surface area contributed by atoms with Crippen molar-refractivity contribution in [3.63, 3.8) is 0 Å². The molecule has 4 nitrogen and oxygen atoms in total. The quantitative estimate of drug-likeness (QED) is 0.716. The minimum Gasteiger partial charge on any atom is -0.481 e. The Balaban J connectivity index is 2.30. The van der Waals surface area contributed by atoms with Gasteiger partial charge < -0.3 is 4.74 Å². The number of rotatable bonds is 1. The summed E-state index contributed by atoms with van der Waals surface area (Å²) in [7, 11) is 0. The molecule has 0 saturated carbocycles. The minimum absolute atomic E-state index is 0.140. The van der Waals surface area contributed by atoms with Gasteiger partial charge in [-0.2, -0.15) is 0 Å². The van der Waals surface area contributed by atoms with Crippen LogP contribution in [0.3, 0.4) is 0 Å². The van der Waals surface area contributed by atoms with Crippen LogP contribution < -0.4 is 10.3 Å². The zero-order chi connectivity index (χ0) is 15.2. The zero-order valence-corrected chi connectivity index (χ0v) is 14.6. The van der Waals surface area contributed by atoms with Crippen molar-refractivity contribution in [3.8, 4) is 5.75 Å². The van der Waals surface area contributed by atoms with E-state index in [1.165, 1.54) is 0 Å². The molecule has 0 aliphatic carbocycles. The van der Waals surface area contributed by atoms with Crippen molar-refractivity contribution in [1.82, 2.24) is 9.55 Å². The largest absolute Gasteiger partial charge is 0.481 e. The molecule has 108 valence electrons. The van der Waals surface area contributed by atoms with E-state index in [-0.39, 0.29) is 5.56 Å². The summed E-state index contributed by atoms with van der Waals surface area (Å²) in [5.74, 6) is 0.669. The van der Waals surface area contributed by atoms with Crippen LogP contribution in [0.25, 0.3) is 5.70 Å². The number of aromatic nitrogens is 2.